The Kier molecular flexibility index (Phi) is 3.30. The van der Waals surface area contributed by atoms with E-state index in [1.54, 1.807) is 0 Å². The van der Waals surface area contributed by atoms with Crippen LogP contribution in [0.15, 0.2) is 10.7 Å². The summed E-state index contributed by atoms with van der Waals surface area (Å²) >= 11 is 0. The summed E-state index contributed by atoms with van der Waals surface area (Å²) in [6, 6.07) is 0.177. The van der Waals surface area contributed by atoms with E-state index in [2.05, 4.69) is 20.7 Å². The Bertz CT molecular complexity index is 609. The van der Waals surface area contributed by atoms with Gasteiger partial charge in [-0.05, 0) is 32.3 Å². The van der Waals surface area contributed by atoms with Gasteiger partial charge in [0.1, 0.15) is 5.76 Å². The fraction of sp³-hybridized carbons (Fsp3) is 0.500. The molecule has 106 valence electrons. The van der Waals surface area contributed by atoms with Crippen LogP contribution in [-0.4, -0.2) is 27.3 Å². The normalized spacial score (nSPS) is 17.8. The second kappa shape index (κ2) is 5.11. The highest BCUT2D eigenvalue weighted by Crippen LogP contribution is 2.19. The summed E-state index contributed by atoms with van der Waals surface area (Å²) < 4.78 is 5.08. The summed E-state index contributed by atoms with van der Waals surface area (Å²) in [7, 11) is 0. The number of amides is 1. The minimum Gasteiger partial charge on any atom is -0.361 e. The number of nitrogens with zero attached hydrogens (tertiary/aromatic N) is 2. The van der Waals surface area contributed by atoms with E-state index in [4.69, 9.17) is 4.52 Å². The number of rotatable bonds is 3. The lowest BCUT2D eigenvalue weighted by Gasteiger charge is -2.22. The van der Waals surface area contributed by atoms with E-state index in [1.807, 2.05) is 20.0 Å². The second-order valence-corrected chi connectivity index (χ2v) is 5.36. The van der Waals surface area contributed by atoms with Crippen LogP contribution in [0, 0.1) is 13.8 Å². The molecule has 2 aromatic heterocycles. The van der Waals surface area contributed by atoms with Crippen LogP contribution in [0.25, 0.3) is 0 Å². The van der Waals surface area contributed by atoms with E-state index in [9.17, 15) is 4.79 Å². The van der Waals surface area contributed by atoms with Gasteiger partial charge in [0.05, 0.1) is 18.3 Å². The lowest BCUT2D eigenvalue weighted by molar-refractivity contribution is -0.121. The maximum Gasteiger partial charge on any atom is 0.224 e. The van der Waals surface area contributed by atoms with Gasteiger partial charge in [-0.25, -0.2) is 0 Å². The third kappa shape index (κ3) is 2.45. The van der Waals surface area contributed by atoms with Crippen molar-refractivity contribution in [2.75, 3.05) is 0 Å². The zero-order chi connectivity index (χ0) is 14.1. The van der Waals surface area contributed by atoms with Gasteiger partial charge in [-0.15, -0.1) is 0 Å². The molecule has 0 fully saturated rings. The van der Waals surface area contributed by atoms with Gasteiger partial charge in [0.25, 0.3) is 0 Å². The molecule has 0 saturated heterocycles. The molecule has 0 radical (unpaired) electrons. The van der Waals surface area contributed by atoms with E-state index in [1.165, 1.54) is 5.56 Å². The van der Waals surface area contributed by atoms with Crippen molar-refractivity contribution in [3.63, 3.8) is 0 Å². The van der Waals surface area contributed by atoms with Crippen molar-refractivity contribution < 1.29 is 9.32 Å². The molecule has 1 atom stereocenters. The molecular weight excluding hydrogens is 256 g/mol. The molecule has 2 N–H and O–H groups in total. The van der Waals surface area contributed by atoms with Crippen molar-refractivity contribution in [2.24, 2.45) is 0 Å². The number of carbonyl (C=O) groups excluding carboxylic acids is 1. The Labute approximate surface area is 116 Å². The fourth-order valence-corrected chi connectivity index (χ4v) is 2.72. The van der Waals surface area contributed by atoms with Gasteiger partial charge < -0.3 is 9.84 Å². The van der Waals surface area contributed by atoms with Crippen LogP contribution < -0.4 is 5.32 Å². The van der Waals surface area contributed by atoms with Gasteiger partial charge in [0, 0.05) is 23.7 Å². The summed E-state index contributed by atoms with van der Waals surface area (Å²) in [5, 5.41) is 14.0. The monoisotopic (exact) mass is 274 g/mol. The van der Waals surface area contributed by atoms with Gasteiger partial charge in [0.15, 0.2) is 0 Å². The third-order valence-corrected chi connectivity index (χ3v) is 3.90. The van der Waals surface area contributed by atoms with Gasteiger partial charge in [-0.1, -0.05) is 5.16 Å². The van der Waals surface area contributed by atoms with Crippen LogP contribution in [0.4, 0.5) is 0 Å². The van der Waals surface area contributed by atoms with Crippen LogP contribution in [0.2, 0.25) is 0 Å². The predicted octanol–water partition coefficient (Wildman–Crippen LogP) is 1.23. The molecule has 0 spiro atoms. The molecule has 3 rings (SSSR count). The van der Waals surface area contributed by atoms with Crippen LogP contribution in [0.3, 0.4) is 0 Å². The van der Waals surface area contributed by atoms with E-state index in [-0.39, 0.29) is 11.9 Å². The molecule has 0 bridgehead atoms. The first-order valence-corrected chi connectivity index (χ1v) is 6.85. The number of carbonyl (C=O) groups is 1. The molecule has 2 heterocycles. The maximum absolute atomic E-state index is 12.1. The van der Waals surface area contributed by atoms with Gasteiger partial charge in [0.2, 0.25) is 5.91 Å². The highest BCUT2D eigenvalue weighted by atomic mass is 16.5. The maximum atomic E-state index is 12.1. The standard InChI is InChI=1S/C14H18N4O2/c1-8-12(9(2)20-18-8)6-14(19)16-11-4-3-10-7-15-17-13(10)5-11/h7,11H,3-6H2,1-2H3,(H,15,17)(H,16,19). The number of fused-ring (bicyclic) bond motifs is 1. The molecule has 1 unspecified atom stereocenters. The summed E-state index contributed by atoms with van der Waals surface area (Å²) in [5.41, 5.74) is 4.08. The van der Waals surface area contributed by atoms with Crippen LogP contribution in [0.5, 0.6) is 0 Å². The summed E-state index contributed by atoms with van der Waals surface area (Å²) in [6.45, 7) is 3.69. The number of hydrogen-bond acceptors (Lipinski definition) is 4. The number of aryl methyl sites for hydroxylation is 3. The number of hydrogen-bond donors (Lipinski definition) is 2. The highest BCUT2D eigenvalue weighted by molar-refractivity contribution is 5.79. The summed E-state index contributed by atoms with van der Waals surface area (Å²) in [4.78, 5) is 12.1. The van der Waals surface area contributed by atoms with Crippen LogP contribution >= 0.6 is 0 Å². The molecular formula is C14H18N4O2. The molecule has 1 aliphatic carbocycles. The molecule has 1 amide bonds. The van der Waals surface area contributed by atoms with Gasteiger partial charge in [-0.3, -0.25) is 9.89 Å². The summed E-state index contributed by atoms with van der Waals surface area (Å²) in [5.74, 6) is 0.740. The lowest BCUT2D eigenvalue weighted by atomic mass is 9.93. The minimum absolute atomic E-state index is 0.0207. The first kappa shape index (κ1) is 12.9. The van der Waals surface area contributed by atoms with E-state index in [0.717, 1.165) is 42.0 Å². The van der Waals surface area contributed by atoms with Gasteiger partial charge >= 0.3 is 0 Å². The number of aromatic nitrogens is 3. The molecule has 0 aliphatic heterocycles. The number of nitrogens with one attached hydrogen (secondary N) is 2. The van der Waals surface area contributed by atoms with E-state index < -0.39 is 0 Å². The quantitative estimate of drug-likeness (QED) is 0.881. The molecule has 6 nitrogen and oxygen atoms in total. The number of aromatic amines is 1. The Morgan fingerprint density at radius 2 is 2.40 bits per heavy atom. The van der Waals surface area contributed by atoms with Crippen molar-refractivity contribution >= 4 is 5.91 Å². The van der Waals surface area contributed by atoms with E-state index in [0.29, 0.717) is 6.42 Å². The fourth-order valence-electron chi connectivity index (χ4n) is 2.72. The Morgan fingerprint density at radius 1 is 1.55 bits per heavy atom. The Hall–Kier alpha value is -2.11. The third-order valence-electron chi connectivity index (χ3n) is 3.90. The first-order chi connectivity index (χ1) is 9.63. The van der Waals surface area contributed by atoms with Crippen LogP contribution in [-0.2, 0) is 24.1 Å². The smallest absolute Gasteiger partial charge is 0.224 e. The summed E-state index contributed by atoms with van der Waals surface area (Å²) in [6.07, 6.45) is 4.94. The Balaban J connectivity index is 1.60. The number of H-pyrrole nitrogens is 1. The minimum atomic E-state index is 0.0207. The SMILES string of the molecule is Cc1noc(C)c1CC(=O)NC1CCc2cn[nH]c2C1. The van der Waals surface area contributed by atoms with Gasteiger partial charge in [-0.2, -0.15) is 5.10 Å². The molecule has 6 heteroatoms. The van der Waals surface area contributed by atoms with Crippen molar-refractivity contribution in [1.82, 2.24) is 20.7 Å². The zero-order valence-corrected chi connectivity index (χ0v) is 11.7. The lowest BCUT2D eigenvalue weighted by Crippen LogP contribution is -2.39. The largest absolute Gasteiger partial charge is 0.361 e. The topological polar surface area (TPSA) is 83.8 Å². The van der Waals surface area contributed by atoms with E-state index >= 15 is 0 Å². The van der Waals surface area contributed by atoms with Crippen LogP contribution in [0.1, 0.15) is 34.7 Å². The molecule has 2 aromatic rings. The predicted molar refractivity (Wildman–Crippen MR) is 72.2 cm³/mol. The van der Waals surface area contributed by atoms with Crippen molar-refractivity contribution in [3.8, 4) is 0 Å². The van der Waals surface area contributed by atoms with Crippen molar-refractivity contribution in [3.05, 3.63) is 34.5 Å². The second-order valence-electron chi connectivity index (χ2n) is 5.36. The first-order valence-electron chi connectivity index (χ1n) is 6.85. The van der Waals surface area contributed by atoms with Crippen molar-refractivity contribution in [1.29, 1.82) is 0 Å². The molecule has 0 aromatic carbocycles. The molecule has 20 heavy (non-hydrogen) atoms. The Morgan fingerprint density at radius 3 is 3.15 bits per heavy atom. The molecule has 0 saturated carbocycles. The highest BCUT2D eigenvalue weighted by Gasteiger charge is 2.22. The average Bonchev–Trinajstić information content (AvgIpc) is 3.00. The average molecular weight is 274 g/mol. The molecule has 1 aliphatic rings. The zero-order valence-electron chi connectivity index (χ0n) is 11.7. The van der Waals surface area contributed by atoms with Crippen molar-refractivity contribution in [2.45, 2.75) is 45.6 Å².